The van der Waals surface area contributed by atoms with Gasteiger partial charge in [-0.2, -0.15) is 0 Å². The van der Waals surface area contributed by atoms with Crippen molar-refractivity contribution < 1.29 is 9.53 Å². The molecule has 0 aromatic heterocycles. The minimum Gasteiger partial charge on any atom is -0.465 e. The van der Waals surface area contributed by atoms with Crippen molar-refractivity contribution in [2.45, 2.75) is 38.5 Å². The summed E-state index contributed by atoms with van der Waals surface area (Å²) in [5.41, 5.74) is 3.03. The number of benzene rings is 1. The first-order valence-corrected chi connectivity index (χ1v) is 8.70. The van der Waals surface area contributed by atoms with Crippen LogP contribution in [0.2, 0.25) is 0 Å². The molecule has 3 heteroatoms. The molecule has 1 aromatic carbocycles. The zero-order valence-corrected chi connectivity index (χ0v) is 13.2. The number of carbonyl (C=O) groups is 1. The predicted molar refractivity (Wildman–Crippen MR) is 85.6 cm³/mol. The molecule has 3 nitrogen and oxygen atoms in total. The summed E-state index contributed by atoms with van der Waals surface area (Å²) >= 11 is 0. The number of carbonyl (C=O) groups excluding carboxylic acids is 1. The first-order valence-electron chi connectivity index (χ1n) is 8.70. The molecule has 1 aliphatic carbocycles. The maximum Gasteiger partial charge on any atom is 0.309 e. The normalized spacial score (nSPS) is 33.3. The van der Waals surface area contributed by atoms with Gasteiger partial charge in [0.1, 0.15) is 0 Å². The van der Waals surface area contributed by atoms with Crippen molar-refractivity contribution in [3.63, 3.8) is 0 Å². The summed E-state index contributed by atoms with van der Waals surface area (Å²) in [5, 5.41) is 0. The van der Waals surface area contributed by atoms with Gasteiger partial charge in [-0.05, 0) is 69.3 Å². The molecule has 118 valence electrons. The molecule has 3 heterocycles. The summed E-state index contributed by atoms with van der Waals surface area (Å²) in [5.74, 6) is 0.104. The Morgan fingerprint density at radius 3 is 2.55 bits per heavy atom. The predicted octanol–water partition coefficient (Wildman–Crippen LogP) is 2.82. The van der Waals surface area contributed by atoms with Crippen LogP contribution in [-0.4, -0.2) is 37.1 Å². The number of hydrogen-bond acceptors (Lipinski definition) is 3. The Labute approximate surface area is 132 Å². The lowest BCUT2D eigenvalue weighted by molar-refractivity contribution is -0.156. The number of esters is 1. The molecule has 0 radical (unpaired) electrons. The molecule has 0 spiro atoms. The van der Waals surface area contributed by atoms with E-state index in [4.69, 9.17) is 4.74 Å². The second-order valence-electron chi connectivity index (χ2n) is 7.41. The number of piperidine rings is 3. The lowest BCUT2D eigenvalue weighted by Crippen LogP contribution is -2.50. The molecule has 5 rings (SSSR count). The molecular weight excluding hydrogens is 274 g/mol. The monoisotopic (exact) mass is 299 g/mol. The van der Waals surface area contributed by atoms with Crippen LogP contribution in [0.25, 0.3) is 0 Å². The first-order chi connectivity index (χ1) is 10.7. The highest BCUT2D eigenvalue weighted by molar-refractivity contribution is 5.73. The van der Waals surface area contributed by atoms with Crippen LogP contribution < -0.4 is 0 Å². The average molecular weight is 299 g/mol. The van der Waals surface area contributed by atoms with E-state index in [0.717, 1.165) is 19.3 Å². The lowest BCUT2D eigenvalue weighted by atomic mass is 9.73. The number of ether oxygens (including phenoxy) is 1. The van der Waals surface area contributed by atoms with Gasteiger partial charge in [0.15, 0.2) is 0 Å². The minimum absolute atomic E-state index is 0.0388. The second kappa shape index (κ2) is 5.69. The van der Waals surface area contributed by atoms with E-state index in [-0.39, 0.29) is 17.3 Å². The summed E-state index contributed by atoms with van der Waals surface area (Å²) in [7, 11) is 0. The fourth-order valence-electron chi connectivity index (χ4n) is 4.35. The lowest BCUT2D eigenvalue weighted by Gasteiger charge is -2.48. The highest BCUT2D eigenvalue weighted by atomic mass is 16.5. The summed E-state index contributed by atoms with van der Waals surface area (Å²) in [4.78, 5) is 15.0. The van der Waals surface area contributed by atoms with Crippen LogP contribution in [0.5, 0.6) is 0 Å². The Hall–Kier alpha value is -1.35. The molecule has 2 bridgehead atoms. The van der Waals surface area contributed by atoms with Crippen LogP contribution in [0.4, 0.5) is 0 Å². The summed E-state index contributed by atoms with van der Waals surface area (Å²) in [6.07, 6.45) is 6.41. The van der Waals surface area contributed by atoms with Crippen molar-refractivity contribution in [2.75, 3.05) is 26.2 Å². The van der Waals surface area contributed by atoms with Crippen LogP contribution in [0.15, 0.2) is 24.3 Å². The molecule has 4 aliphatic rings. The van der Waals surface area contributed by atoms with Gasteiger partial charge >= 0.3 is 5.97 Å². The van der Waals surface area contributed by atoms with E-state index < -0.39 is 0 Å². The Balaban J connectivity index is 1.35. The molecule has 3 aliphatic heterocycles. The van der Waals surface area contributed by atoms with Gasteiger partial charge in [-0.3, -0.25) is 4.79 Å². The molecule has 0 saturated carbocycles. The van der Waals surface area contributed by atoms with E-state index in [1.165, 1.54) is 50.0 Å². The van der Waals surface area contributed by atoms with Gasteiger partial charge in [-0.1, -0.05) is 24.3 Å². The Kier molecular flexibility index (Phi) is 3.69. The standard InChI is InChI=1S/C19H25NO2/c21-18(17-6-5-15-3-1-2-4-16(15)13-17)22-14-19-7-10-20(11-8-19)12-9-19/h1-4,17H,5-14H2. The molecule has 0 N–H and O–H groups in total. The van der Waals surface area contributed by atoms with E-state index in [9.17, 15) is 4.79 Å². The zero-order valence-electron chi connectivity index (χ0n) is 13.2. The van der Waals surface area contributed by atoms with Gasteiger partial charge in [0, 0.05) is 5.41 Å². The highest BCUT2D eigenvalue weighted by Gasteiger charge is 2.40. The molecule has 0 amide bonds. The third-order valence-corrected chi connectivity index (χ3v) is 6.08. The van der Waals surface area contributed by atoms with Crippen molar-refractivity contribution in [3.05, 3.63) is 35.4 Å². The van der Waals surface area contributed by atoms with Crippen molar-refractivity contribution in [1.82, 2.24) is 4.90 Å². The molecular formula is C19H25NO2. The maximum atomic E-state index is 12.5. The number of hydrogen-bond donors (Lipinski definition) is 0. The second-order valence-corrected chi connectivity index (χ2v) is 7.41. The van der Waals surface area contributed by atoms with Gasteiger partial charge < -0.3 is 9.64 Å². The third-order valence-electron chi connectivity index (χ3n) is 6.08. The summed E-state index contributed by atoms with van der Waals surface area (Å²) < 4.78 is 5.80. The number of fused-ring (bicyclic) bond motifs is 4. The van der Waals surface area contributed by atoms with Gasteiger partial charge in [0.25, 0.3) is 0 Å². The van der Waals surface area contributed by atoms with E-state index in [2.05, 4.69) is 29.2 Å². The van der Waals surface area contributed by atoms with Crippen molar-refractivity contribution in [1.29, 1.82) is 0 Å². The van der Waals surface area contributed by atoms with Gasteiger partial charge in [-0.15, -0.1) is 0 Å². The molecule has 1 aromatic rings. The Morgan fingerprint density at radius 1 is 1.14 bits per heavy atom. The minimum atomic E-state index is 0.0388. The van der Waals surface area contributed by atoms with E-state index >= 15 is 0 Å². The van der Waals surface area contributed by atoms with Crippen LogP contribution >= 0.6 is 0 Å². The Bertz CT molecular complexity index is 547. The maximum absolute atomic E-state index is 12.5. The van der Waals surface area contributed by atoms with Crippen LogP contribution in [0.3, 0.4) is 0 Å². The van der Waals surface area contributed by atoms with Gasteiger partial charge in [0.05, 0.1) is 12.5 Å². The van der Waals surface area contributed by atoms with Crippen LogP contribution in [-0.2, 0) is 22.4 Å². The van der Waals surface area contributed by atoms with E-state index in [0.29, 0.717) is 6.61 Å². The Morgan fingerprint density at radius 2 is 1.82 bits per heavy atom. The van der Waals surface area contributed by atoms with Gasteiger partial charge in [-0.25, -0.2) is 0 Å². The molecule has 1 atom stereocenters. The fourth-order valence-corrected chi connectivity index (χ4v) is 4.35. The molecule has 3 saturated heterocycles. The smallest absolute Gasteiger partial charge is 0.309 e. The topological polar surface area (TPSA) is 29.5 Å². The highest BCUT2D eigenvalue weighted by Crippen LogP contribution is 2.40. The summed E-state index contributed by atoms with van der Waals surface area (Å²) in [6.45, 7) is 4.22. The van der Waals surface area contributed by atoms with Gasteiger partial charge in [0.2, 0.25) is 0 Å². The molecule has 3 fully saturated rings. The number of nitrogens with zero attached hydrogens (tertiary/aromatic N) is 1. The van der Waals surface area contributed by atoms with E-state index in [1.807, 2.05) is 0 Å². The van der Waals surface area contributed by atoms with Crippen molar-refractivity contribution in [2.24, 2.45) is 11.3 Å². The average Bonchev–Trinajstić information content (AvgIpc) is 2.61. The SMILES string of the molecule is O=C(OCC12CCN(CC1)CC2)C1CCc2ccccc2C1. The third kappa shape index (κ3) is 2.67. The van der Waals surface area contributed by atoms with Crippen LogP contribution in [0.1, 0.15) is 36.8 Å². The van der Waals surface area contributed by atoms with Crippen LogP contribution in [0, 0.1) is 11.3 Å². The zero-order chi connectivity index (χ0) is 15.0. The largest absolute Gasteiger partial charge is 0.465 e. The fraction of sp³-hybridized carbons (Fsp3) is 0.632. The molecule has 22 heavy (non-hydrogen) atoms. The van der Waals surface area contributed by atoms with Crippen molar-refractivity contribution in [3.8, 4) is 0 Å². The first kappa shape index (κ1) is 14.3. The quantitative estimate of drug-likeness (QED) is 0.804. The number of aryl methyl sites for hydroxylation is 1. The van der Waals surface area contributed by atoms with Crippen molar-refractivity contribution >= 4 is 5.97 Å². The number of rotatable bonds is 3. The van der Waals surface area contributed by atoms with E-state index in [1.54, 1.807) is 0 Å². The molecule has 1 unspecified atom stereocenters. The summed E-state index contributed by atoms with van der Waals surface area (Å²) in [6, 6.07) is 8.50.